The number of para-hydroxylation sites is 2. The van der Waals surface area contributed by atoms with Crippen LogP contribution in [0.1, 0.15) is 101 Å². The maximum atomic E-state index is 5.14. The van der Waals surface area contributed by atoms with Gasteiger partial charge >= 0.3 is 17.1 Å². The van der Waals surface area contributed by atoms with Gasteiger partial charge in [0.1, 0.15) is 0 Å². The molecule has 0 saturated carbocycles. The Morgan fingerprint density at radius 3 is 1.10 bits per heavy atom. The Bertz CT molecular complexity index is 1080. The first-order valence-corrected chi connectivity index (χ1v) is 13.8. The van der Waals surface area contributed by atoms with Gasteiger partial charge in [-0.05, 0) is 73.9 Å². The smallest absolute Gasteiger partial charge is 1.00 e. The van der Waals surface area contributed by atoms with Crippen molar-refractivity contribution >= 4 is 22.8 Å². The molecule has 0 spiro atoms. The van der Waals surface area contributed by atoms with Gasteiger partial charge in [0.25, 0.3) is 0 Å². The molecule has 0 aliphatic rings. The fraction of sp³-hybridized carbons (Fsp3) is 0.424. The van der Waals surface area contributed by atoms with Crippen LogP contribution in [0.25, 0.3) is 0 Å². The molecule has 3 rings (SSSR count). The molecule has 0 aliphatic carbocycles. The molecule has 0 amide bonds. The van der Waals surface area contributed by atoms with E-state index in [1.807, 2.05) is 0 Å². The standard InChI is InChI=1S/C33H43N3.2ClH.Fe/c1-7-14-26-18-11-19-27(15-8-2)32(26)34-24(5)30-22-13-23-31(36-30)25(6)35-33-28(16-9-3)20-12-21-29(33)17-10-4;;;/h11-13,18-23H,7-10,14-17H2,1-6H3;2*1H;/q;;;+2/p-2. The van der Waals surface area contributed by atoms with Crippen LogP contribution in [0.5, 0.6) is 0 Å². The summed E-state index contributed by atoms with van der Waals surface area (Å²) in [5, 5.41) is 0. The van der Waals surface area contributed by atoms with Crippen LogP contribution in [-0.4, -0.2) is 16.4 Å². The van der Waals surface area contributed by atoms with Gasteiger partial charge in [-0.15, -0.1) is 0 Å². The number of halogens is 2. The summed E-state index contributed by atoms with van der Waals surface area (Å²) in [6.45, 7) is 13.1. The molecule has 2 aromatic carbocycles. The van der Waals surface area contributed by atoms with E-state index in [0.29, 0.717) is 0 Å². The van der Waals surface area contributed by atoms with Gasteiger partial charge in [-0.1, -0.05) is 95.8 Å². The molecule has 0 saturated heterocycles. The maximum Gasteiger partial charge on any atom is 2.00 e. The number of hydrogen-bond acceptors (Lipinski definition) is 3. The van der Waals surface area contributed by atoms with Crippen molar-refractivity contribution in [3.8, 4) is 0 Å². The Kier molecular flexibility index (Phi) is 18.2. The number of benzene rings is 2. The van der Waals surface area contributed by atoms with E-state index < -0.39 is 0 Å². The first kappa shape index (κ1) is 37.0. The number of pyridine rings is 1. The topological polar surface area (TPSA) is 37.6 Å². The molecule has 0 radical (unpaired) electrons. The number of nitrogens with zero attached hydrogens (tertiary/aromatic N) is 3. The van der Waals surface area contributed by atoms with E-state index in [9.17, 15) is 0 Å². The molecular formula is C33H43Cl2FeN3. The van der Waals surface area contributed by atoms with Crippen molar-refractivity contribution in [2.24, 2.45) is 9.98 Å². The number of aromatic nitrogens is 1. The van der Waals surface area contributed by atoms with Crippen molar-refractivity contribution in [2.45, 2.75) is 92.9 Å². The van der Waals surface area contributed by atoms with E-state index in [1.165, 1.54) is 22.3 Å². The predicted molar refractivity (Wildman–Crippen MR) is 157 cm³/mol. The van der Waals surface area contributed by atoms with E-state index >= 15 is 0 Å². The predicted octanol–water partition coefficient (Wildman–Crippen LogP) is 3.18. The monoisotopic (exact) mass is 607 g/mol. The quantitative estimate of drug-likeness (QED) is 0.230. The molecule has 1 heterocycles. The zero-order valence-corrected chi connectivity index (χ0v) is 26.9. The van der Waals surface area contributed by atoms with E-state index in [1.54, 1.807) is 0 Å². The molecule has 0 bridgehead atoms. The van der Waals surface area contributed by atoms with Crippen LogP contribution in [0.2, 0.25) is 0 Å². The summed E-state index contributed by atoms with van der Waals surface area (Å²) >= 11 is 0. The SMILES string of the molecule is CCCc1cccc(CCC)c1N=C(C)c1cccc(C(C)=Nc2c(CCC)cccc2CCC)n1.[Cl-].[Cl-].[Fe+2]. The molecule has 0 aliphatic heterocycles. The van der Waals surface area contributed by atoms with Crippen molar-refractivity contribution in [1.29, 1.82) is 0 Å². The van der Waals surface area contributed by atoms with Crippen LogP contribution in [0.15, 0.2) is 64.6 Å². The number of aryl methyl sites for hydroxylation is 4. The molecule has 212 valence electrons. The van der Waals surface area contributed by atoms with Gasteiger partial charge in [0.15, 0.2) is 0 Å². The van der Waals surface area contributed by atoms with Gasteiger partial charge in [0.05, 0.1) is 34.2 Å². The normalized spacial score (nSPS) is 11.3. The number of hydrogen-bond donors (Lipinski definition) is 0. The molecule has 39 heavy (non-hydrogen) atoms. The van der Waals surface area contributed by atoms with Gasteiger partial charge in [0.2, 0.25) is 0 Å². The van der Waals surface area contributed by atoms with Gasteiger partial charge in [-0.3, -0.25) is 9.98 Å². The van der Waals surface area contributed by atoms with Crippen molar-refractivity contribution in [1.82, 2.24) is 4.98 Å². The summed E-state index contributed by atoms with van der Waals surface area (Å²) < 4.78 is 0. The van der Waals surface area contributed by atoms with Gasteiger partial charge in [-0.2, -0.15) is 0 Å². The summed E-state index contributed by atoms with van der Waals surface area (Å²) in [4.78, 5) is 15.3. The minimum atomic E-state index is 0. The largest absolute Gasteiger partial charge is 2.00 e. The Morgan fingerprint density at radius 2 is 0.821 bits per heavy atom. The van der Waals surface area contributed by atoms with Crippen LogP contribution in [0, 0.1) is 0 Å². The van der Waals surface area contributed by atoms with Crippen LogP contribution in [-0.2, 0) is 42.8 Å². The average Bonchev–Trinajstić information content (AvgIpc) is 2.88. The van der Waals surface area contributed by atoms with E-state index in [-0.39, 0.29) is 41.9 Å². The molecule has 0 N–H and O–H groups in total. The van der Waals surface area contributed by atoms with Crippen LogP contribution in [0.4, 0.5) is 11.4 Å². The molecule has 3 nitrogen and oxygen atoms in total. The third-order valence-electron chi connectivity index (χ3n) is 6.53. The molecule has 6 heteroatoms. The van der Waals surface area contributed by atoms with Crippen molar-refractivity contribution in [2.75, 3.05) is 0 Å². The third-order valence-corrected chi connectivity index (χ3v) is 6.53. The maximum absolute atomic E-state index is 5.14. The molecule has 3 aromatic rings. The fourth-order valence-corrected chi connectivity index (χ4v) is 4.75. The summed E-state index contributed by atoms with van der Waals surface area (Å²) in [5.74, 6) is 0. The van der Waals surface area contributed by atoms with E-state index in [2.05, 4.69) is 96.1 Å². The zero-order chi connectivity index (χ0) is 25.9. The summed E-state index contributed by atoms with van der Waals surface area (Å²) in [7, 11) is 0. The summed E-state index contributed by atoms with van der Waals surface area (Å²) in [5.41, 5.74) is 11.3. The molecule has 1 aromatic heterocycles. The van der Waals surface area contributed by atoms with E-state index in [4.69, 9.17) is 15.0 Å². The second-order valence-corrected chi connectivity index (χ2v) is 9.65. The van der Waals surface area contributed by atoms with Crippen LogP contribution in [0.3, 0.4) is 0 Å². The third kappa shape index (κ3) is 10.2. The fourth-order valence-electron chi connectivity index (χ4n) is 4.75. The molecule has 0 unspecified atom stereocenters. The summed E-state index contributed by atoms with van der Waals surface area (Å²) in [6.07, 6.45) is 8.61. The first-order chi connectivity index (χ1) is 17.5. The summed E-state index contributed by atoms with van der Waals surface area (Å²) in [6, 6.07) is 19.4. The Labute approximate surface area is 259 Å². The molecular weight excluding hydrogens is 565 g/mol. The molecule has 0 atom stereocenters. The van der Waals surface area contributed by atoms with Crippen LogP contribution >= 0.6 is 0 Å². The second kappa shape index (κ2) is 19.2. The second-order valence-electron chi connectivity index (χ2n) is 9.65. The Balaban J connectivity index is 0.00000481. The van der Waals surface area contributed by atoms with Crippen molar-refractivity contribution < 1.29 is 41.9 Å². The van der Waals surface area contributed by atoms with Crippen LogP contribution < -0.4 is 24.8 Å². The Morgan fingerprint density at radius 1 is 0.538 bits per heavy atom. The minimum absolute atomic E-state index is 0. The minimum Gasteiger partial charge on any atom is -1.00 e. The van der Waals surface area contributed by atoms with Gasteiger partial charge in [0, 0.05) is 0 Å². The van der Waals surface area contributed by atoms with Crippen molar-refractivity contribution in [3.63, 3.8) is 0 Å². The molecule has 0 fully saturated rings. The number of rotatable bonds is 12. The van der Waals surface area contributed by atoms with Gasteiger partial charge < -0.3 is 24.8 Å². The number of aliphatic imine (C=N–C) groups is 2. The Hall–Kier alpha value is -1.97. The first-order valence-electron chi connectivity index (χ1n) is 13.8. The van der Waals surface area contributed by atoms with Crippen molar-refractivity contribution in [3.05, 3.63) is 88.2 Å². The average molecular weight is 608 g/mol. The van der Waals surface area contributed by atoms with Gasteiger partial charge in [-0.25, -0.2) is 4.98 Å². The van der Waals surface area contributed by atoms with E-state index in [0.717, 1.165) is 85.6 Å². The zero-order valence-electron chi connectivity index (χ0n) is 24.3.